The van der Waals surface area contributed by atoms with Gasteiger partial charge in [0.15, 0.2) is 0 Å². The zero-order chi connectivity index (χ0) is 18.6. The Morgan fingerprint density at radius 3 is 2.30 bits per heavy atom. The molecule has 5 nitrogen and oxygen atoms in total. The van der Waals surface area contributed by atoms with Gasteiger partial charge in [-0.15, -0.1) is 0 Å². The van der Waals surface area contributed by atoms with Crippen molar-refractivity contribution in [2.75, 3.05) is 26.2 Å². The lowest BCUT2D eigenvalue weighted by Crippen LogP contribution is -2.51. The van der Waals surface area contributed by atoms with Crippen LogP contribution in [-0.4, -0.2) is 47.8 Å². The molecule has 0 unspecified atom stereocenters. The van der Waals surface area contributed by atoms with Crippen molar-refractivity contribution in [3.05, 3.63) is 65.7 Å². The molecule has 0 radical (unpaired) electrons. The van der Waals surface area contributed by atoms with Crippen molar-refractivity contribution in [3.63, 3.8) is 0 Å². The average molecular weight is 364 g/mol. The highest BCUT2D eigenvalue weighted by Gasteiger charge is 2.35. The lowest BCUT2D eigenvalue weighted by Gasteiger charge is -2.35. The van der Waals surface area contributed by atoms with Gasteiger partial charge in [-0.3, -0.25) is 9.59 Å². The number of nitrogens with zero attached hydrogens (tertiary/aromatic N) is 2. The van der Waals surface area contributed by atoms with E-state index in [-0.39, 0.29) is 17.7 Å². The van der Waals surface area contributed by atoms with Crippen molar-refractivity contribution in [2.45, 2.75) is 19.4 Å². The zero-order valence-electron chi connectivity index (χ0n) is 15.3. The third kappa shape index (κ3) is 4.30. The van der Waals surface area contributed by atoms with Gasteiger partial charge in [0, 0.05) is 37.7 Å². The molecule has 4 rings (SSSR count). The fourth-order valence-corrected chi connectivity index (χ4v) is 3.36. The first-order chi connectivity index (χ1) is 13.2. The molecule has 1 aliphatic carbocycles. The molecule has 2 fully saturated rings. The SMILES string of the molecule is O=C(c1cccc(OCc2ccccc2)c1)N1CCN(C(=O)C2CC2)CC1. The van der Waals surface area contributed by atoms with Gasteiger partial charge in [0.1, 0.15) is 12.4 Å². The van der Waals surface area contributed by atoms with Crippen LogP contribution in [0.3, 0.4) is 0 Å². The molecular weight excluding hydrogens is 340 g/mol. The topological polar surface area (TPSA) is 49.9 Å². The summed E-state index contributed by atoms with van der Waals surface area (Å²) in [5, 5.41) is 0. The number of rotatable bonds is 5. The molecule has 2 aromatic rings. The number of amides is 2. The van der Waals surface area contributed by atoms with E-state index < -0.39 is 0 Å². The monoisotopic (exact) mass is 364 g/mol. The highest BCUT2D eigenvalue weighted by molar-refractivity contribution is 5.94. The summed E-state index contributed by atoms with van der Waals surface area (Å²) in [5.74, 6) is 1.19. The second-order valence-electron chi connectivity index (χ2n) is 7.19. The van der Waals surface area contributed by atoms with Crippen LogP contribution < -0.4 is 4.74 Å². The number of carbonyl (C=O) groups is 2. The molecule has 1 heterocycles. The van der Waals surface area contributed by atoms with Gasteiger partial charge in [-0.05, 0) is 36.6 Å². The van der Waals surface area contributed by atoms with Gasteiger partial charge < -0.3 is 14.5 Å². The Morgan fingerprint density at radius 1 is 0.889 bits per heavy atom. The van der Waals surface area contributed by atoms with E-state index in [0.717, 1.165) is 18.4 Å². The number of ether oxygens (including phenoxy) is 1. The molecule has 1 aliphatic heterocycles. The number of benzene rings is 2. The van der Waals surface area contributed by atoms with Crippen LogP contribution in [0.15, 0.2) is 54.6 Å². The predicted octanol–water partition coefficient (Wildman–Crippen LogP) is 2.96. The van der Waals surface area contributed by atoms with E-state index in [2.05, 4.69) is 0 Å². The zero-order valence-corrected chi connectivity index (χ0v) is 15.3. The lowest BCUT2D eigenvalue weighted by atomic mass is 10.1. The Hall–Kier alpha value is -2.82. The highest BCUT2D eigenvalue weighted by Crippen LogP contribution is 2.31. The van der Waals surface area contributed by atoms with Gasteiger partial charge in [0.05, 0.1) is 0 Å². The highest BCUT2D eigenvalue weighted by atomic mass is 16.5. The van der Waals surface area contributed by atoms with Crippen LogP contribution in [0.5, 0.6) is 5.75 Å². The second-order valence-corrected chi connectivity index (χ2v) is 7.19. The van der Waals surface area contributed by atoms with E-state index in [0.29, 0.717) is 44.1 Å². The summed E-state index contributed by atoms with van der Waals surface area (Å²) in [6.45, 7) is 2.91. The van der Waals surface area contributed by atoms with Crippen LogP contribution in [0.2, 0.25) is 0 Å². The van der Waals surface area contributed by atoms with Crippen LogP contribution in [0.25, 0.3) is 0 Å². The Morgan fingerprint density at radius 2 is 1.59 bits per heavy atom. The molecule has 140 valence electrons. The summed E-state index contributed by atoms with van der Waals surface area (Å²) in [7, 11) is 0. The molecule has 2 amide bonds. The molecule has 5 heteroatoms. The first-order valence-corrected chi connectivity index (χ1v) is 9.55. The molecule has 0 aromatic heterocycles. The van der Waals surface area contributed by atoms with E-state index in [1.807, 2.05) is 58.3 Å². The maximum Gasteiger partial charge on any atom is 0.254 e. The third-order valence-corrected chi connectivity index (χ3v) is 5.13. The summed E-state index contributed by atoms with van der Waals surface area (Å²) in [6.07, 6.45) is 2.04. The second kappa shape index (κ2) is 7.82. The maximum absolute atomic E-state index is 12.8. The van der Waals surface area contributed by atoms with Gasteiger partial charge in [-0.25, -0.2) is 0 Å². The van der Waals surface area contributed by atoms with Gasteiger partial charge in [-0.2, -0.15) is 0 Å². The van der Waals surface area contributed by atoms with E-state index in [4.69, 9.17) is 4.74 Å². The Labute approximate surface area is 159 Å². The first-order valence-electron chi connectivity index (χ1n) is 9.55. The minimum Gasteiger partial charge on any atom is -0.489 e. The normalized spacial score (nSPS) is 16.9. The van der Waals surface area contributed by atoms with Crippen LogP contribution in [-0.2, 0) is 11.4 Å². The number of hydrogen-bond acceptors (Lipinski definition) is 3. The summed E-state index contributed by atoms with van der Waals surface area (Å²) < 4.78 is 5.83. The molecule has 2 aromatic carbocycles. The third-order valence-electron chi connectivity index (χ3n) is 5.13. The van der Waals surface area contributed by atoms with E-state index >= 15 is 0 Å². The van der Waals surface area contributed by atoms with E-state index in [9.17, 15) is 9.59 Å². The smallest absolute Gasteiger partial charge is 0.254 e. The molecule has 0 N–H and O–H groups in total. The van der Waals surface area contributed by atoms with Crippen LogP contribution >= 0.6 is 0 Å². The number of hydrogen-bond donors (Lipinski definition) is 0. The molecule has 0 bridgehead atoms. The van der Waals surface area contributed by atoms with Crippen molar-refractivity contribution in [3.8, 4) is 5.75 Å². The van der Waals surface area contributed by atoms with Gasteiger partial charge in [0.2, 0.25) is 5.91 Å². The molecule has 0 atom stereocenters. The predicted molar refractivity (Wildman–Crippen MR) is 102 cm³/mol. The minimum absolute atomic E-state index is 0.00122. The maximum atomic E-state index is 12.8. The van der Waals surface area contributed by atoms with Crippen molar-refractivity contribution in [1.82, 2.24) is 9.80 Å². The molecule has 0 spiro atoms. The quantitative estimate of drug-likeness (QED) is 0.820. The van der Waals surface area contributed by atoms with E-state index in [1.165, 1.54) is 0 Å². The minimum atomic E-state index is -0.00122. The number of carbonyl (C=O) groups excluding carboxylic acids is 2. The lowest BCUT2D eigenvalue weighted by molar-refractivity contribution is -0.134. The van der Waals surface area contributed by atoms with Gasteiger partial charge in [-0.1, -0.05) is 36.4 Å². The number of piperazine rings is 1. The summed E-state index contributed by atoms with van der Waals surface area (Å²) in [5.41, 5.74) is 1.72. The standard InChI is InChI=1S/C22H24N2O3/c25-21(18-9-10-18)23-11-13-24(14-12-23)22(26)19-7-4-8-20(15-19)27-16-17-5-2-1-3-6-17/h1-8,15,18H,9-14,16H2. The van der Waals surface area contributed by atoms with Crippen molar-refractivity contribution < 1.29 is 14.3 Å². The van der Waals surface area contributed by atoms with Crippen LogP contribution in [0, 0.1) is 5.92 Å². The van der Waals surface area contributed by atoms with Gasteiger partial charge in [0.25, 0.3) is 5.91 Å². The van der Waals surface area contributed by atoms with Crippen molar-refractivity contribution >= 4 is 11.8 Å². The Kier molecular flexibility index (Phi) is 5.10. The summed E-state index contributed by atoms with van der Waals surface area (Å²) >= 11 is 0. The van der Waals surface area contributed by atoms with Crippen LogP contribution in [0.1, 0.15) is 28.8 Å². The molecule has 1 saturated carbocycles. The molecule has 27 heavy (non-hydrogen) atoms. The first kappa shape index (κ1) is 17.6. The summed E-state index contributed by atoms with van der Waals surface area (Å²) in [6, 6.07) is 17.3. The molecule has 1 saturated heterocycles. The Bertz CT molecular complexity index is 809. The molecular formula is C22H24N2O3. The van der Waals surface area contributed by atoms with Crippen molar-refractivity contribution in [2.24, 2.45) is 5.92 Å². The fourth-order valence-electron chi connectivity index (χ4n) is 3.36. The Balaban J connectivity index is 1.34. The largest absolute Gasteiger partial charge is 0.489 e. The van der Waals surface area contributed by atoms with Gasteiger partial charge >= 0.3 is 0 Å². The van der Waals surface area contributed by atoms with Crippen molar-refractivity contribution in [1.29, 1.82) is 0 Å². The van der Waals surface area contributed by atoms with E-state index in [1.54, 1.807) is 6.07 Å². The van der Waals surface area contributed by atoms with Crippen LogP contribution in [0.4, 0.5) is 0 Å². The fraction of sp³-hybridized carbons (Fsp3) is 0.364. The average Bonchev–Trinajstić information content (AvgIpc) is 3.58. The molecule has 2 aliphatic rings. The summed E-state index contributed by atoms with van der Waals surface area (Å²) in [4.78, 5) is 28.7.